The molecule has 0 saturated carbocycles. The van der Waals surface area contributed by atoms with Crippen LogP contribution in [-0.4, -0.2) is 3.71 Å². The van der Waals surface area contributed by atoms with Gasteiger partial charge in [0, 0.05) is 0 Å². The molecule has 0 radical (unpaired) electrons. The predicted molar refractivity (Wildman–Crippen MR) is 151 cm³/mol. The van der Waals surface area contributed by atoms with E-state index in [1.54, 1.807) is 36.4 Å². The number of hydrogen-bond donors (Lipinski definition) is 0. The summed E-state index contributed by atoms with van der Waals surface area (Å²) in [6.07, 6.45) is 4.39. The van der Waals surface area contributed by atoms with E-state index in [9.17, 15) is 0 Å². The van der Waals surface area contributed by atoms with Crippen LogP contribution in [0.25, 0.3) is 11.1 Å². The second-order valence-corrected chi connectivity index (χ2v) is 22.3. The molecule has 0 fully saturated rings. The monoisotopic (exact) mass is 598 g/mol. The first kappa shape index (κ1) is 25.8. The van der Waals surface area contributed by atoms with Gasteiger partial charge < -0.3 is 0 Å². The van der Waals surface area contributed by atoms with Gasteiger partial charge in [-0.05, 0) is 0 Å². The van der Waals surface area contributed by atoms with Crippen molar-refractivity contribution in [1.29, 1.82) is 0 Å². The zero-order valence-electron chi connectivity index (χ0n) is 22.2. The van der Waals surface area contributed by atoms with Gasteiger partial charge in [-0.3, -0.25) is 0 Å². The molecule has 5 heteroatoms. The molecule has 2 nitrogen and oxygen atoms in total. The number of fused-ring (bicyclic) bond motifs is 2. The molecule has 4 aromatic rings. The fourth-order valence-corrected chi connectivity index (χ4v) is 21.4. The molecule has 0 bridgehead atoms. The normalized spacial score (nSPS) is 18.1. The van der Waals surface area contributed by atoms with Crippen molar-refractivity contribution < 1.29 is 33.6 Å². The SMILES string of the molecule is C[CH]=[Zr]([O]c1ccccc1F)([O]c1ccccc1F)([CH]1C=C(C)c2ccccc21)[CH]1C=C(C)c2ccccc21. The molecular weight excluding hydrogens is 570 g/mol. The van der Waals surface area contributed by atoms with Gasteiger partial charge in [-0.2, -0.15) is 0 Å². The zero-order chi connectivity index (χ0) is 27.2. The molecule has 0 amide bonds. The first-order chi connectivity index (χ1) is 18.9. The molecule has 4 aromatic carbocycles. The van der Waals surface area contributed by atoms with Gasteiger partial charge in [-0.1, -0.05) is 0 Å². The molecule has 2 unspecified atom stereocenters. The van der Waals surface area contributed by atoms with Crippen LogP contribution >= 0.6 is 0 Å². The van der Waals surface area contributed by atoms with Crippen LogP contribution in [0.2, 0.25) is 0 Å². The first-order valence-corrected chi connectivity index (χ1v) is 19.5. The van der Waals surface area contributed by atoms with Crippen molar-refractivity contribution in [3.05, 3.63) is 143 Å². The Morgan fingerprint density at radius 3 is 1.38 bits per heavy atom. The maximum atomic E-state index is 15.5. The van der Waals surface area contributed by atoms with Crippen molar-refractivity contribution in [2.24, 2.45) is 0 Å². The molecule has 196 valence electrons. The second-order valence-electron chi connectivity index (χ2n) is 10.5. The summed E-state index contributed by atoms with van der Waals surface area (Å²) in [6, 6.07) is 29.3. The Bertz CT molecular complexity index is 1610. The zero-order valence-corrected chi connectivity index (χ0v) is 24.7. The van der Waals surface area contributed by atoms with E-state index in [1.807, 2.05) is 31.2 Å². The maximum absolute atomic E-state index is 15.5. The second kappa shape index (κ2) is 9.64. The molecule has 39 heavy (non-hydrogen) atoms. The van der Waals surface area contributed by atoms with Crippen molar-refractivity contribution in [1.82, 2.24) is 0 Å². The predicted octanol–water partition coefficient (Wildman–Crippen LogP) is 9.08. The van der Waals surface area contributed by atoms with Gasteiger partial charge in [0.25, 0.3) is 0 Å². The van der Waals surface area contributed by atoms with Crippen molar-refractivity contribution in [3.63, 3.8) is 0 Å². The third-order valence-corrected chi connectivity index (χ3v) is 22.8. The molecule has 2 atom stereocenters. The van der Waals surface area contributed by atoms with Crippen LogP contribution in [0.1, 0.15) is 50.3 Å². The Balaban J connectivity index is 1.76. The number of rotatable bonds is 6. The average Bonchev–Trinajstić information content (AvgIpc) is 3.49. The third kappa shape index (κ3) is 3.93. The summed E-state index contributed by atoms with van der Waals surface area (Å²) in [5.41, 5.74) is 6.51. The summed E-state index contributed by atoms with van der Waals surface area (Å²) in [6.45, 7) is 6.10. The van der Waals surface area contributed by atoms with Gasteiger partial charge in [-0.15, -0.1) is 0 Å². The van der Waals surface area contributed by atoms with Crippen LogP contribution in [0.5, 0.6) is 11.5 Å². The summed E-state index contributed by atoms with van der Waals surface area (Å²) in [5.74, 6) is -0.724. The third-order valence-electron chi connectivity index (χ3n) is 8.40. The number of halogens is 2. The van der Waals surface area contributed by atoms with Gasteiger partial charge >= 0.3 is 231 Å². The van der Waals surface area contributed by atoms with Crippen LogP contribution in [0.15, 0.2) is 109 Å². The summed E-state index contributed by atoms with van der Waals surface area (Å²) in [5, 5.41) is 0. The van der Waals surface area contributed by atoms with Crippen molar-refractivity contribution in [3.8, 4) is 11.5 Å². The van der Waals surface area contributed by atoms with E-state index in [0.29, 0.717) is 0 Å². The fourth-order valence-electron chi connectivity index (χ4n) is 6.53. The number of benzene rings is 4. The topological polar surface area (TPSA) is 18.5 Å². The van der Waals surface area contributed by atoms with E-state index in [-0.39, 0.29) is 18.8 Å². The van der Waals surface area contributed by atoms with E-state index in [2.05, 4.69) is 54.0 Å². The van der Waals surface area contributed by atoms with E-state index in [1.165, 1.54) is 12.1 Å². The van der Waals surface area contributed by atoms with E-state index < -0.39 is 30.8 Å². The number of hydrogen-bond acceptors (Lipinski definition) is 2. The summed E-state index contributed by atoms with van der Waals surface area (Å²) in [4.78, 5) is 0. The van der Waals surface area contributed by atoms with Crippen LogP contribution in [-0.2, 0) is 19.2 Å². The molecule has 2 aliphatic carbocycles. The fraction of sp³-hybridized carbons (Fsp3) is 0.147. The van der Waals surface area contributed by atoms with Crippen molar-refractivity contribution >= 4 is 14.9 Å². The van der Waals surface area contributed by atoms with Gasteiger partial charge in [0.1, 0.15) is 0 Å². The minimum atomic E-state index is -5.72. The molecule has 6 rings (SSSR count). The molecular formula is C34H30F2O2Zr. The Hall–Kier alpha value is -3.43. The first-order valence-electron chi connectivity index (χ1n) is 13.3. The van der Waals surface area contributed by atoms with Gasteiger partial charge in [-0.25, -0.2) is 0 Å². The Labute approximate surface area is 230 Å². The average molecular weight is 600 g/mol. The van der Waals surface area contributed by atoms with E-state index in [4.69, 9.17) is 5.63 Å². The molecule has 0 N–H and O–H groups in total. The molecule has 0 saturated heterocycles. The quantitative estimate of drug-likeness (QED) is 0.220. The standard InChI is InChI=1S/2C10H9.2C6H5FO.C2H4.Zr/c2*1-8-6-7-9-4-2-3-5-10(8)9;2*7-5-3-1-2-4-6(5)8;1-2;/h2*2-7H,1H3;2*1-4,8H;1H,2H3;/q;;;;;+2/p-2. The molecule has 2 aliphatic rings. The van der Waals surface area contributed by atoms with Crippen molar-refractivity contribution in [2.75, 3.05) is 0 Å². The van der Waals surface area contributed by atoms with Crippen LogP contribution in [0.4, 0.5) is 8.78 Å². The van der Waals surface area contributed by atoms with E-state index >= 15 is 8.78 Å². The van der Waals surface area contributed by atoms with Crippen LogP contribution in [0, 0.1) is 11.6 Å². The van der Waals surface area contributed by atoms with E-state index in [0.717, 1.165) is 33.4 Å². The minimum absolute atomic E-state index is 0.114. The molecule has 0 aromatic heterocycles. The van der Waals surface area contributed by atoms with Gasteiger partial charge in [0.05, 0.1) is 0 Å². The summed E-state index contributed by atoms with van der Waals surface area (Å²) >= 11 is -5.72. The molecule has 0 aliphatic heterocycles. The summed E-state index contributed by atoms with van der Waals surface area (Å²) < 4.78 is 46.8. The molecule has 0 spiro atoms. The van der Waals surface area contributed by atoms with Crippen LogP contribution < -0.4 is 5.63 Å². The Kier molecular flexibility index (Phi) is 6.39. The van der Waals surface area contributed by atoms with Gasteiger partial charge in [0.2, 0.25) is 0 Å². The van der Waals surface area contributed by atoms with Crippen molar-refractivity contribution in [2.45, 2.75) is 28.0 Å². The summed E-state index contributed by atoms with van der Waals surface area (Å²) in [7, 11) is 0. The van der Waals surface area contributed by atoms with Gasteiger partial charge in [0.15, 0.2) is 0 Å². The number of para-hydroxylation sites is 2. The van der Waals surface area contributed by atoms with Crippen LogP contribution in [0.3, 0.4) is 0 Å². The molecule has 0 heterocycles. The Morgan fingerprint density at radius 1 is 0.590 bits per heavy atom. The number of allylic oxidation sites excluding steroid dienone is 4. The Morgan fingerprint density at radius 2 is 0.974 bits per heavy atom.